The third-order valence-corrected chi connectivity index (χ3v) is 22.6. The smallest absolute Gasteiger partial charge is 0.780 e. The van der Waals surface area contributed by atoms with Crippen LogP contribution >= 0.6 is 27.0 Å². The second kappa shape index (κ2) is 31.8. The van der Waals surface area contributed by atoms with Crippen molar-refractivity contribution in [3.8, 4) is 0 Å². The van der Waals surface area contributed by atoms with Gasteiger partial charge in [-0.2, -0.15) is 0 Å². The number of hydrogen-bond donors (Lipinski definition) is 5. The van der Waals surface area contributed by atoms with Crippen molar-refractivity contribution in [3.05, 3.63) is 56.3 Å². The molecule has 0 amide bonds. The van der Waals surface area contributed by atoms with Gasteiger partial charge < -0.3 is 109 Å². The number of aromatic nitrogens is 16. The number of aryl methyl sites for hydroxylation is 1. The first-order valence-electron chi connectivity index (χ1n) is 27.6. The number of nitrogens with two attached hydrogens (primary N) is 3. The maximum absolute atomic E-state index is 13.7. The maximum atomic E-state index is 13.7. The van der Waals surface area contributed by atoms with Crippen LogP contribution in [0, 0.1) is 30.6 Å². The zero-order valence-electron chi connectivity index (χ0n) is 51.3. The Morgan fingerprint density at radius 1 is 0.537 bits per heavy atom. The van der Waals surface area contributed by atoms with E-state index in [1.807, 2.05) is 13.8 Å². The first kappa shape index (κ1) is 80.2. The van der Waals surface area contributed by atoms with Gasteiger partial charge in [0.1, 0.15) is 117 Å². The molecule has 5 aliphatic heterocycles. The van der Waals surface area contributed by atoms with Crippen LogP contribution in [0.5, 0.6) is 0 Å². The van der Waals surface area contributed by atoms with Gasteiger partial charge in [-0.25, -0.2) is 59.8 Å². The summed E-state index contributed by atoms with van der Waals surface area (Å²) < 4.78 is 84.9. The van der Waals surface area contributed by atoms with Crippen molar-refractivity contribution in [1.29, 1.82) is 0 Å². The molecule has 8 aromatic rings. The van der Waals surface area contributed by atoms with Crippen molar-refractivity contribution in [2.75, 3.05) is 43.6 Å². The van der Waals surface area contributed by atoms with Crippen LogP contribution in [0.3, 0.4) is 0 Å². The monoisotopic (exact) mass is 1510 g/mol. The van der Waals surface area contributed by atoms with Crippen LogP contribution in [0.4, 0.5) is 17.5 Å². The molecule has 48 heteroatoms. The Morgan fingerprint density at radius 3 is 1.51 bits per heavy atom. The van der Waals surface area contributed by atoms with Crippen molar-refractivity contribution in [2.24, 2.45) is 23.7 Å². The third kappa shape index (κ3) is 16.2. The van der Waals surface area contributed by atoms with Crippen LogP contribution in [0.1, 0.15) is 65.0 Å². The molecule has 6 fully saturated rings. The molecule has 14 rings (SSSR count). The summed E-state index contributed by atoms with van der Waals surface area (Å²) in [5.74, 6) is -1.33. The van der Waals surface area contributed by atoms with E-state index in [4.69, 9.17) is 115 Å². The van der Waals surface area contributed by atoms with E-state index in [2.05, 4.69) is 59.8 Å². The maximum Gasteiger partial charge on any atom is 1.00 e. The number of hydrogen-bond acceptors (Lipinski definition) is 36. The Labute approximate surface area is 650 Å². The molecular formula is C47H59N19Na4O17P4S4. The molecule has 8 N–H and O–H groups in total. The molecule has 20 atom stereocenters. The van der Waals surface area contributed by atoms with Gasteiger partial charge in [0.2, 0.25) is 0 Å². The van der Waals surface area contributed by atoms with E-state index in [9.17, 15) is 29.5 Å². The molecule has 0 spiro atoms. The van der Waals surface area contributed by atoms with Gasteiger partial charge in [-0.3, -0.25) is 18.3 Å². The number of aliphatic hydroxyl groups excluding tert-OH is 2. The number of imidazole rings is 4. The molecule has 0 radical (unpaired) electrons. The SMILES string of the molecule is C.C[C@@H]1[C@@H]2OP([O-])(=S)OC[C@H]3C[C@@H](n4cnc5c(N)ncnc54)[C@H](OP(=O)([S-])OC[C@H]2O[C@H]1n1cnc2c(N)ncnc21)[C@@H]3O.Cc1ncnc2c1ncn2[C@@H]1O[C@@H]2COP([O-])(=S)O[C@H]3[C@@H](C(C)C)[C@H](n4cnc5c(N)ncnc54)O[C@@H]3COP([O-])(=S)O[C@@H]1[C@@H]2O.[Na+].[Na+].[Na+].[Na+]. The Bertz CT molecular complexity index is 4260. The van der Waals surface area contributed by atoms with E-state index in [1.165, 1.54) is 55.2 Å². The van der Waals surface area contributed by atoms with E-state index < -0.39 is 138 Å². The number of aliphatic hydroxyl groups is 2. The Morgan fingerprint density at radius 2 is 0.947 bits per heavy atom. The fraction of sp³-hybridized carbons (Fsp3) is 0.574. The summed E-state index contributed by atoms with van der Waals surface area (Å²) in [6.07, 6.45) is -1.67. The minimum Gasteiger partial charge on any atom is -0.780 e. The van der Waals surface area contributed by atoms with Gasteiger partial charge in [-0.1, -0.05) is 63.6 Å². The van der Waals surface area contributed by atoms with Gasteiger partial charge >= 0.3 is 118 Å². The van der Waals surface area contributed by atoms with Crippen LogP contribution in [0.15, 0.2) is 50.6 Å². The molecule has 5 saturated heterocycles. The third-order valence-electron chi connectivity index (χ3n) is 16.4. The molecule has 36 nitrogen and oxygen atoms in total. The fourth-order valence-corrected chi connectivity index (χ4v) is 17.9. The largest absolute Gasteiger partial charge is 1.00 e. The minimum atomic E-state index is -4.35. The topological polar surface area (TPSA) is 481 Å². The van der Waals surface area contributed by atoms with Crippen LogP contribution in [0.2, 0.25) is 0 Å². The number of ether oxygens (including phenoxy) is 3. The van der Waals surface area contributed by atoms with Crippen molar-refractivity contribution >= 4 is 137 Å². The molecule has 6 aliphatic rings. The van der Waals surface area contributed by atoms with E-state index in [0.29, 0.717) is 50.3 Å². The van der Waals surface area contributed by atoms with Crippen molar-refractivity contribution in [1.82, 2.24) is 78.1 Å². The summed E-state index contributed by atoms with van der Waals surface area (Å²) in [7, 11) is 0. The summed E-state index contributed by atoms with van der Waals surface area (Å²) in [5, 5.41) is 22.5. The van der Waals surface area contributed by atoms with Gasteiger partial charge in [0, 0.05) is 17.8 Å². The molecule has 8 aromatic heterocycles. The quantitative estimate of drug-likeness (QED) is 0.0607. The molecule has 1 aliphatic carbocycles. The minimum absolute atomic E-state index is 0. The first-order valence-corrected chi connectivity index (χ1v) is 37.8. The predicted molar refractivity (Wildman–Crippen MR) is 326 cm³/mol. The summed E-state index contributed by atoms with van der Waals surface area (Å²) >= 11 is 21.2. The summed E-state index contributed by atoms with van der Waals surface area (Å²) in [4.78, 5) is 91.3. The molecule has 0 aromatic carbocycles. The van der Waals surface area contributed by atoms with Crippen molar-refractivity contribution < 1.29 is 198 Å². The molecular weight excluding hydrogens is 1450 g/mol. The van der Waals surface area contributed by atoms with Gasteiger partial charge in [0.05, 0.1) is 81.8 Å². The molecule has 492 valence electrons. The summed E-state index contributed by atoms with van der Waals surface area (Å²) in [6.45, 7) is -11.2. The van der Waals surface area contributed by atoms with Gasteiger partial charge in [0.25, 0.3) is 0 Å². The fourth-order valence-electron chi connectivity index (χ4n) is 12.1. The van der Waals surface area contributed by atoms with Gasteiger partial charge in [-0.15, -0.1) is 0 Å². The number of rotatable bonds is 5. The Hall–Kier alpha value is -0.510. The van der Waals surface area contributed by atoms with Crippen molar-refractivity contribution in [3.63, 3.8) is 0 Å². The van der Waals surface area contributed by atoms with E-state index in [0.717, 1.165) is 0 Å². The number of nitrogen functional groups attached to an aromatic ring is 3. The predicted octanol–water partition coefficient (Wildman–Crippen LogP) is -11.0. The summed E-state index contributed by atoms with van der Waals surface area (Å²) in [6, 6.07) is -0.685. The number of nitrogens with zero attached hydrogens (tertiary/aromatic N) is 16. The molecule has 13 heterocycles. The molecule has 1 saturated carbocycles. The first-order chi connectivity index (χ1) is 42.8. The Balaban J connectivity index is 0.000000231. The second-order valence-corrected chi connectivity index (χ2v) is 33.0. The zero-order chi connectivity index (χ0) is 63.5. The van der Waals surface area contributed by atoms with Crippen LogP contribution in [0.25, 0.3) is 44.7 Å². The average molecular weight is 1510 g/mol. The molecule has 4 bridgehead atoms. The molecule has 95 heavy (non-hydrogen) atoms. The standard InChI is InChI=1S/C24H31N9O9P2S2.C22H28N10O8P2S2.CH4.4Na/c1-10(2)14-18-13(40-23(14)32-9-31-16-20(25)27-7-29-22(16)32)5-38-44(36,46)42-19-17(34)12(4-37-43(35,45)41-18)39-24(19)33-8-30-15-11(3)26-6-28-21(15)33;1-9-16-12(38-22(9)32-8-30-14-19(24)26-6-28-21(14)32)4-37-42(35,44)40-17-11(2-10(15(17)33)3-36-41(34,43)39-16)31-7-29-13-18(23)25-5-27-20(13)31;;;;;/h6-10,12-14,17-19,23-24,34H,4-5H2,1-3H3,(H,35,45)(H,36,46)(H2,25,27,29);5-12,15-17,22,33H,2-4H2,1H3,(H,34,43)(H,35,44)(H2,23,25,27)(H2,24,26,28);1H4;;;;/q;;;4*+1/p-4/t12-,13-,14-,17-,18-,19-,23-,24-,43?,44?;9-,10-,11-,12-,15-,16+,17+,22-,41?,42?;;;;;/m11...../s1. The van der Waals surface area contributed by atoms with Crippen LogP contribution < -0.4 is 150 Å². The average Bonchev–Trinajstić information content (AvgIpc) is 1.62. The number of fused-ring (bicyclic) bond motifs is 10. The van der Waals surface area contributed by atoms with Crippen LogP contribution in [-0.2, 0) is 103 Å². The normalized spacial score (nSPS) is 35.8. The second-order valence-electron chi connectivity index (χ2n) is 22.2. The zero-order valence-corrected chi connectivity index (χ0v) is 66.1. The van der Waals surface area contributed by atoms with Gasteiger partial charge in [0.15, 0.2) is 53.1 Å². The van der Waals surface area contributed by atoms with Crippen LogP contribution in [-0.4, -0.2) is 170 Å². The van der Waals surface area contributed by atoms with E-state index in [1.54, 1.807) is 27.5 Å². The van der Waals surface area contributed by atoms with Crippen molar-refractivity contribution in [2.45, 2.75) is 121 Å². The van der Waals surface area contributed by atoms with Gasteiger partial charge in [-0.05, 0) is 19.3 Å². The molecule has 4 unspecified atom stereocenters. The Kier molecular flexibility index (Phi) is 26.9. The van der Waals surface area contributed by atoms with E-state index >= 15 is 0 Å². The number of anilines is 3. The summed E-state index contributed by atoms with van der Waals surface area (Å²) in [5.41, 5.74) is 21.6. The van der Waals surface area contributed by atoms with E-state index in [-0.39, 0.29) is 169 Å².